The lowest BCUT2D eigenvalue weighted by Gasteiger charge is -2.24. The van der Waals surface area contributed by atoms with Crippen LogP contribution in [0.5, 0.6) is 0 Å². The second-order valence-electron chi connectivity index (χ2n) is 5.81. The number of aromatic nitrogens is 1. The van der Waals surface area contributed by atoms with Crippen molar-refractivity contribution in [1.29, 1.82) is 0 Å². The van der Waals surface area contributed by atoms with Gasteiger partial charge in [0.2, 0.25) is 0 Å². The Bertz CT molecular complexity index is 652. The number of hydrogen-bond donors (Lipinski definition) is 2. The van der Waals surface area contributed by atoms with E-state index in [0.29, 0.717) is 12.6 Å². The van der Waals surface area contributed by atoms with Crippen molar-refractivity contribution >= 4 is 52.6 Å². The molecule has 0 fully saturated rings. The fraction of sp³-hybridized carbons (Fsp3) is 0.529. The van der Waals surface area contributed by atoms with Crippen LogP contribution in [0.15, 0.2) is 22.5 Å². The molecule has 0 spiro atoms. The van der Waals surface area contributed by atoms with Gasteiger partial charge in [0.15, 0.2) is 5.96 Å². The molecule has 0 aromatic carbocycles. The highest BCUT2D eigenvalue weighted by Crippen LogP contribution is 2.22. The number of thiazole rings is 1. The lowest BCUT2D eigenvalue weighted by atomic mass is 10.2. The van der Waals surface area contributed by atoms with Gasteiger partial charge in [0.25, 0.3) is 0 Å². The normalized spacial score (nSPS) is 12.8. The third kappa shape index (κ3) is 6.84. The molecule has 5 nitrogen and oxygen atoms in total. The van der Waals surface area contributed by atoms with Crippen LogP contribution in [0.1, 0.15) is 33.4 Å². The van der Waals surface area contributed by atoms with Crippen LogP contribution in [0.25, 0.3) is 0 Å². The topological polar surface area (TPSA) is 52.6 Å². The summed E-state index contributed by atoms with van der Waals surface area (Å²) in [4.78, 5) is 14.0. The highest BCUT2D eigenvalue weighted by Gasteiger charge is 2.15. The van der Waals surface area contributed by atoms with Gasteiger partial charge in [-0.15, -0.1) is 46.7 Å². The van der Waals surface area contributed by atoms with E-state index < -0.39 is 0 Å². The maximum absolute atomic E-state index is 4.72. The van der Waals surface area contributed by atoms with Gasteiger partial charge in [0.1, 0.15) is 0 Å². The molecule has 0 radical (unpaired) electrons. The number of guanidine groups is 1. The summed E-state index contributed by atoms with van der Waals surface area (Å²) >= 11 is 3.51. The number of nitrogens with zero attached hydrogens (tertiary/aromatic N) is 3. The summed E-state index contributed by atoms with van der Waals surface area (Å²) < 4.78 is 0. The van der Waals surface area contributed by atoms with Crippen molar-refractivity contribution in [3.8, 4) is 0 Å². The average Bonchev–Trinajstić information content (AvgIpc) is 3.14. The van der Waals surface area contributed by atoms with Gasteiger partial charge >= 0.3 is 0 Å². The van der Waals surface area contributed by atoms with Crippen LogP contribution >= 0.6 is 46.7 Å². The summed E-state index contributed by atoms with van der Waals surface area (Å²) in [7, 11) is 4.22. The minimum absolute atomic E-state index is 0. The van der Waals surface area contributed by atoms with Crippen LogP contribution in [0, 0.1) is 13.8 Å². The Morgan fingerprint density at radius 1 is 1.32 bits per heavy atom. The monoisotopic (exact) mass is 493 g/mol. The molecule has 2 N–H and O–H groups in total. The second kappa shape index (κ2) is 11.1. The lowest BCUT2D eigenvalue weighted by Crippen LogP contribution is -2.41. The summed E-state index contributed by atoms with van der Waals surface area (Å²) in [5, 5.41) is 10.0. The molecule has 25 heavy (non-hydrogen) atoms. The molecule has 1 atom stereocenters. The molecule has 0 aliphatic rings. The molecule has 8 heteroatoms. The van der Waals surface area contributed by atoms with E-state index in [0.717, 1.165) is 29.8 Å². The number of nitrogens with one attached hydrogen (secondary N) is 2. The third-order valence-corrected chi connectivity index (χ3v) is 5.71. The first kappa shape index (κ1) is 22.3. The van der Waals surface area contributed by atoms with Crippen LogP contribution in [-0.4, -0.2) is 43.0 Å². The van der Waals surface area contributed by atoms with E-state index >= 15 is 0 Å². The quantitative estimate of drug-likeness (QED) is 0.350. The van der Waals surface area contributed by atoms with Gasteiger partial charge in [-0.1, -0.05) is 6.07 Å². The van der Waals surface area contributed by atoms with Crippen molar-refractivity contribution in [2.75, 3.05) is 27.2 Å². The zero-order valence-electron chi connectivity index (χ0n) is 15.5. The smallest absolute Gasteiger partial charge is 0.191 e. The second-order valence-corrected chi connectivity index (χ2v) is 8.08. The van der Waals surface area contributed by atoms with E-state index in [9.17, 15) is 0 Å². The third-order valence-electron chi connectivity index (χ3n) is 3.68. The molecule has 0 bridgehead atoms. The van der Waals surface area contributed by atoms with Gasteiger partial charge in [-0.3, -0.25) is 0 Å². The number of thiophene rings is 1. The van der Waals surface area contributed by atoms with Crippen molar-refractivity contribution in [1.82, 2.24) is 20.5 Å². The molecule has 2 aromatic rings. The summed E-state index contributed by atoms with van der Waals surface area (Å²) in [5.74, 6) is 0.853. The SMILES string of the molecule is CCNC(=NCc1sc(C)nc1C)NCC(c1cccs1)N(C)C.I. The largest absolute Gasteiger partial charge is 0.357 e. The molecule has 2 heterocycles. The van der Waals surface area contributed by atoms with E-state index in [-0.39, 0.29) is 24.0 Å². The summed E-state index contributed by atoms with van der Waals surface area (Å²) in [6.07, 6.45) is 0. The minimum Gasteiger partial charge on any atom is -0.357 e. The molecular weight excluding hydrogens is 465 g/mol. The Balaban J connectivity index is 0.00000312. The van der Waals surface area contributed by atoms with E-state index in [1.165, 1.54) is 9.75 Å². The minimum atomic E-state index is 0. The van der Waals surface area contributed by atoms with Crippen molar-refractivity contribution < 1.29 is 0 Å². The van der Waals surface area contributed by atoms with E-state index in [1.54, 1.807) is 22.7 Å². The number of hydrogen-bond acceptors (Lipinski definition) is 5. The first-order valence-corrected chi connectivity index (χ1v) is 9.85. The Kier molecular flexibility index (Phi) is 9.91. The number of rotatable bonds is 7. The molecule has 2 aromatic heterocycles. The molecule has 0 aliphatic carbocycles. The van der Waals surface area contributed by atoms with Crippen LogP contribution in [0.2, 0.25) is 0 Å². The molecule has 0 saturated heterocycles. The Morgan fingerprint density at radius 3 is 2.60 bits per heavy atom. The zero-order valence-corrected chi connectivity index (χ0v) is 19.5. The Labute approximate surface area is 176 Å². The fourth-order valence-electron chi connectivity index (χ4n) is 2.42. The number of halogens is 1. The standard InChI is InChI=1S/C17H27N5S2.HI/c1-6-18-17(20-11-16-12(2)21-13(3)24-16)19-10-14(22(4)5)15-8-7-9-23-15;/h7-9,14H,6,10-11H2,1-5H3,(H2,18,19,20);1H. The van der Waals surface area contributed by atoms with E-state index in [4.69, 9.17) is 4.99 Å². The van der Waals surface area contributed by atoms with Crippen LogP contribution < -0.4 is 10.6 Å². The van der Waals surface area contributed by atoms with Gasteiger partial charge in [-0.2, -0.15) is 0 Å². The molecule has 1 unspecified atom stereocenters. The van der Waals surface area contributed by atoms with Crippen molar-refractivity contribution in [2.45, 2.75) is 33.4 Å². The van der Waals surface area contributed by atoms with Crippen LogP contribution in [0.4, 0.5) is 0 Å². The van der Waals surface area contributed by atoms with Gasteiger partial charge in [0, 0.05) is 22.8 Å². The van der Waals surface area contributed by atoms with E-state index in [2.05, 4.69) is 59.0 Å². The first-order chi connectivity index (χ1) is 11.5. The first-order valence-electron chi connectivity index (χ1n) is 8.16. The number of likely N-dealkylation sites (N-methyl/N-ethyl adjacent to an activating group) is 1. The van der Waals surface area contributed by atoms with Crippen molar-refractivity contribution in [2.24, 2.45) is 4.99 Å². The maximum atomic E-state index is 4.72. The lowest BCUT2D eigenvalue weighted by molar-refractivity contribution is 0.302. The highest BCUT2D eigenvalue weighted by molar-refractivity contribution is 14.0. The maximum Gasteiger partial charge on any atom is 0.191 e. The van der Waals surface area contributed by atoms with Crippen molar-refractivity contribution in [3.05, 3.63) is 38.0 Å². The highest BCUT2D eigenvalue weighted by atomic mass is 127. The molecule has 2 rings (SSSR count). The number of aliphatic imine (C=N–C) groups is 1. The zero-order chi connectivity index (χ0) is 17.5. The Morgan fingerprint density at radius 2 is 2.08 bits per heavy atom. The fourth-order valence-corrected chi connectivity index (χ4v) is 4.21. The predicted octanol–water partition coefficient (Wildman–Crippen LogP) is 3.80. The summed E-state index contributed by atoms with van der Waals surface area (Å²) in [6.45, 7) is 8.50. The van der Waals surface area contributed by atoms with Gasteiger partial charge in [-0.05, 0) is 46.3 Å². The predicted molar refractivity (Wildman–Crippen MR) is 121 cm³/mol. The summed E-state index contributed by atoms with van der Waals surface area (Å²) in [5.41, 5.74) is 1.09. The average molecular weight is 493 g/mol. The Hall–Kier alpha value is -0.710. The van der Waals surface area contributed by atoms with Crippen LogP contribution in [0.3, 0.4) is 0 Å². The molecule has 140 valence electrons. The van der Waals surface area contributed by atoms with Crippen molar-refractivity contribution in [3.63, 3.8) is 0 Å². The van der Waals surface area contributed by atoms with E-state index in [1.807, 2.05) is 13.8 Å². The number of aryl methyl sites for hydroxylation is 2. The molecular formula is C17H28IN5S2. The molecule has 0 aliphatic heterocycles. The summed E-state index contributed by atoms with van der Waals surface area (Å²) in [6, 6.07) is 4.62. The van der Waals surface area contributed by atoms with Gasteiger partial charge in [-0.25, -0.2) is 9.98 Å². The molecule has 0 amide bonds. The molecule has 0 saturated carbocycles. The van der Waals surface area contributed by atoms with Gasteiger partial charge in [0.05, 0.1) is 23.3 Å². The van der Waals surface area contributed by atoms with Crippen LogP contribution in [-0.2, 0) is 6.54 Å². The van der Waals surface area contributed by atoms with Gasteiger partial charge < -0.3 is 15.5 Å².